The maximum Gasteiger partial charge on any atom is 0.253 e. The molecule has 0 aromatic carbocycles. The summed E-state index contributed by atoms with van der Waals surface area (Å²) in [6.07, 6.45) is 5.23. The standard InChI is InChI=1S/C10H16N2O2/c1-2-3-7-14-8-6-12-9-11-5-4-10(12)13/h4-5,9H,2-3,6-8H2,1H3. The molecule has 0 aliphatic rings. The zero-order chi connectivity index (χ0) is 10.2. The number of aromatic nitrogens is 2. The van der Waals surface area contributed by atoms with Crippen LogP contribution in [0.3, 0.4) is 0 Å². The van der Waals surface area contributed by atoms with Gasteiger partial charge in [0.2, 0.25) is 0 Å². The van der Waals surface area contributed by atoms with E-state index in [1.54, 1.807) is 4.57 Å². The molecule has 4 nitrogen and oxygen atoms in total. The Bertz CT molecular complexity index is 309. The Hall–Kier alpha value is -1.16. The lowest BCUT2D eigenvalue weighted by molar-refractivity contribution is 0.122. The molecule has 1 aromatic heterocycles. The molecule has 0 bridgehead atoms. The van der Waals surface area contributed by atoms with Gasteiger partial charge in [-0.3, -0.25) is 9.36 Å². The van der Waals surface area contributed by atoms with E-state index in [-0.39, 0.29) is 5.56 Å². The average molecular weight is 196 g/mol. The topological polar surface area (TPSA) is 44.1 Å². The quantitative estimate of drug-likeness (QED) is 0.639. The summed E-state index contributed by atoms with van der Waals surface area (Å²) in [5.41, 5.74) is -0.0286. The molecule has 4 heteroatoms. The number of unbranched alkanes of at least 4 members (excludes halogenated alkanes) is 1. The predicted molar refractivity (Wildman–Crippen MR) is 54.2 cm³/mol. The predicted octanol–water partition coefficient (Wildman–Crippen LogP) is 1.06. The van der Waals surface area contributed by atoms with E-state index in [1.807, 2.05) is 0 Å². The van der Waals surface area contributed by atoms with Gasteiger partial charge in [-0.2, -0.15) is 0 Å². The molecule has 0 unspecified atom stereocenters. The van der Waals surface area contributed by atoms with Crippen LogP contribution in [0.15, 0.2) is 23.4 Å². The van der Waals surface area contributed by atoms with E-state index >= 15 is 0 Å². The normalized spacial score (nSPS) is 10.4. The van der Waals surface area contributed by atoms with Crippen molar-refractivity contribution >= 4 is 0 Å². The Kier molecular flexibility index (Phi) is 4.93. The van der Waals surface area contributed by atoms with Crippen molar-refractivity contribution in [2.75, 3.05) is 13.2 Å². The fourth-order valence-corrected chi connectivity index (χ4v) is 1.06. The smallest absolute Gasteiger partial charge is 0.253 e. The minimum Gasteiger partial charge on any atom is -0.380 e. The van der Waals surface area contributed by atoms with Gasteiger partial charge in [0.1, 0.15) is 0 Å². The van der Waals surface area contributed by atoms with Gasteiger partial charge in [0.25, 0.3) is 5.56 Å². The molecule has 0 atom stereocenters. The fourth-order valence-electron chi connectivity index (χ4n) is 1.06. The highest BCUT2D eigenvalue weighted by Gasteiger charge is 1.93. The Morgan fingerprint density at radius 2 is 2.36 bits per heavy atom. The third kappa shape index (κ3) is 3.70. The first-order valence-electron chi connectivity index (χ1n) is 4.93. The SMILES string of the molecule is CCCCOCCn1cnccc1=O. The third-order valence-electron chi connectivity index (χ3n) is 1.91. The molecule has 0 N–H and O–H groups in total. The van der Waals surface area contributed by atoms with E-state index in [4.69, 9.17) is 4.74 Å². The Labute approximate surface area is 83.5 Å². The summed E-state index contributed by atoms with van der Waals surface area (Å²) in [5.74, 6) is 0. The zero-order valence-corrected chi connectivity index (χ0v) is 8.48. The number of rotatable bonds is 6. The van der Waals surface area contributed by atoms with Gasteiger partial charge in [-0.05, 0) is 6.42 Å². The maximum atomic E-state index is 11.2. The summed E-state index contributed by atoms with van der Waals surface area (Å²) in [6, 6.07) is 1.45. The monoisotopic (exact) mass is 196 g/mol. The summed E-state index contributed by atoms with van der Waals surface area (Å²) < 4.78 is 6.89. The van der Waals surface area contributed by atoms with E-state index in [1.165, 1.54) is 18.6 Å². The van der Waals surface area contributed by atoms with Crippen molar-refractivity contribution in [3.63, 3.8) is 0 Å². The van der Waals surface area contributed by atoms with E-state index in [0.717, 1.165) is 19.4 Å². The van der Waals surface area contributed by atoms with Crippen molar-refractivity contribution < 1.29 is 4.74 Å². The molecule has 0 radical (unpaired) electrons. The number of hydrogen-bond donors (Lipinski definition) is 0. The van der Waals surface area contributed by atoms with Crippen LogP contribution in [-0.4, -0.2) is 22.8 Å². The highest BCUT2D eigenvalue weighted by Crippen LogP contribution is 1.88. The summed E-state index contributed by atoms with van der Waals surface area (Å²) >= 11 is 0. The molecule has 0 saturated carbocycles. The molecule has 0 spiro atoms. The first-order valence-corrected chi connectivity index (χ1v) is 4.93. The van der Waals surface area contributed by atoms with Crippen molar-refractivity contribution in [2.24, 2.45) is 0 Å². The van der Waals surface area contributed by atoms with E-state index in [0.29, 0.717) is 13.2 Å². The largest absolute Gasteiger partial charge is 0.380 e. The third-order valence-corrected chi connectivity index (χ3v) is 1.91. The summed E-state index contributed by atoms with van der Waals surface area (Å²) in [5, 5.41) is 0. The molecule has 78 valence electrons. The molecular formula is C10H16N2O2. The second-order valence-electron chi connectivity index (χ2n) is 3.08. The van der Waals surface area contributed by atoms with E-state index in [2.05, 4.69) is 11.9 Å². The Morgan fingerprint density at radius 1 is 1.50 bits per heavy atom. The van der Waals surface area contributed by atoms with Crippen molar-refractivity contribution in [1.29, 1.82) is 0 Å². The van der Waals surface area contributed by atoms with Crippen LogP contribution < -0.4 is 5.56 Å². The molecular weight excluding hydrogens is 180 g/mol. The molecule has 0 aliphatic heterocycles. The lowest BCUT2D eigenvalue weighted by atomic mass is 10.4. The van der Waals surface area contributed by atoms with Gasteiger partial charge in [0.15, 0.2) is 0 Å². The lowest BCUT2D eigenvalue weighted by Gasteiger charge is -2.04. The minimum absolute atomic E-state index is 0.0286. The molecule has 0 saturated heterocycles. The van der Waals surface area contributed by atoms with Crippen LogP contribution in [0.1, 0.15) is 19.8 Å². The summed E-state index contributed by atoms with van der Waals surface area (Å²) in [4.78, 5) is 15.1. The summed E-state index contributed by atoms with van der Waals surface area (Å²) in [6.45, 7) is 4.04. The molecule has 1 aromatic rings. The van der Waals surface area contributed by atoms with Gasteiger partial charge in [0, 0.05) is 18.9 Å². The van der Waals surface area contributed by atoms with Crippen LogP contribution in [0.4, 0.5) is 0 Å². The van der Waals surface area contributed by atoms with Crippen molar-refractivity contribution in [3.05, 3.63) is 28.9 Å². The average Bonchev–Trinajstić information content (AvgIpc) is 2.20. The van der Waals surface area contributed by atoms with Gasteiger partial charge in [-0.1, -0.05) is 13.3 Å². The van der Waals surface area contributed by atoms with E-state index in [9.17, 15) is 4.79 Å². The Morgan fingerprint density at radius 3 is 3.07 bits per heavy atom. The molecule has 1 heterocycles. The second kappa shape index (κ2) is 6.32. The number of ether oxygens (including phenoxy) is 1. The Balaban J connectivity index is 2.25. The van der Waals surface area contributed by atoms with Gasteiger partial charge in [-0.25, -0.2) is 4.98 Å². The van der Waals surface area contributed by atoms with Crippen molar-refractivity contribution in [3.8, 4) is 0 Å². The maximum absolute atomic E-state index is 11.2. The second-order valence-corrected chi connectivity index (χ2v) is 3.08. The van der Waals surface area contributed by atoms with Crippen LogP contribution in [0.25, 0.3) is 0 Å². The van der Waals surface area contributed by atoms with Gasteiger partial charge in [-0.15, -0.1) is 0 Å². The molecule has 1 rings (SSSR count). The first-order chi connectivity index (χ1) is 6.84. The molecule has 0 fully saturated rings. The van der Waals surface area contributed by atoms with Crippen LogP contribution >= 0.6 is 0 Å². The van der Waals surface area contributed by atoms with Crippen LogP contribution in [0.2, 0.25) is 0 Å². The van der Waals surface area contributed by atoms with Gasteiger partial charge < -0.3 is 4.74 Å². The lowest BCUT2D eigenvalue weighted by Crippen LogP contribution is -2.21. The van der Waals surface area contributed by atoms with Crippen LogP contribution in [0.5, 0.6) is 0 Å². The van der Waals surface area contributed by atoms with E-state index < -0.39 is 0 Å². The number of nitrogens with zero attached hydrogens (tertiary/aromatic N) is 2. The van der Waals surface area contributed by atoms with Crippen molar-refractivity contribution in [1.82, 2.24) is 9.55 Å². The van der Waals surface area contributed by atoms with Gasteiger partial charge >= 0.3 is 0 Å². The molecule has 0 aliphatic carbocycles. The zero-order valence-electron chi connectivity index (χ0n) is 8.48. The van der Waals surface area contributed by atoms with Crippen LogP contribution in [0, 0.1) is 0 Å². The minimum atomic E-state index is -0.0286. The summed E-state index contributed by atoms with van der Waals surface area (Å²) in [7, 11) is 0. The highest BCUT2D eigenvalue weighted by molar-refractivity contribution is 4.81. The highest BCUT2D eigenvalue weighted by atomic mass is 16.5. The van der Waals surface area contributed by atoms with Gasteiger partial charge in [0.05, 0.1) is 19.5 Å². The fraction of sp³-hybridized carbons (Fsp3) is 0.600. The van der Waals surface area contributed by atoms with Crippen LogP contribution in [-0.2, 0) is 11.3 Å². The van der Waals surface area contributed by atoms with Crippen molar-refractivity contribution in [2.45, 2.75) is 26.3 Å². The molecule has 0 amide bonds. The number of hydrogen-bond acceptors (Lipinski definition) is 3. The first kappa shape index (κ1) is 10.9. The molecule has 14 heavy (non-hydrogen) atoms.